The van der Waals surface area contributed by atoms with Crippen LogP contribution in [0.25, 0.3) is 0 Å². The molecule has 0 spiro atoms. The minimum absolute atomic E-state index is 0.157. The third-order valence-corrected chi connectivity index (χ3v) is 4.94. The molecule has 2 heterocycles. The maximum Gasteiger partial charge on any atom is 0.316 e. The Bertz CT molecular complexity index is 760. The Hall–Kier alpha value is -2.50. The largest absolute Gasteiger partial charge is 0.467 e. The summed E-state index contributed by atoms with van der Waals surface area (Å²) in [5, 5.41) is 0. The highest BCUT2D eigenvalue weighted by Gasteiger charge is 2.15. The molecule has 0 aliphatic heterocycles. The lowest BCUT2D eigenvalue weighted by molar-refractivity contribution is -0.119. The van der Waals surface area contributed by atoms with Crippen molar-refractivity contribution in [3.8, 4) is 6.01 Å². The number of rotatable bonds is 10. The Labute approximate surface area is 161 Å². The minimum atomic E-state index is 0.157. The Kier molecular flexibility index (Phi) is 7.70. The van der Waals surface area contributed by atoms with Gasteiger partial charge in [0.25, 0.3) is 0 Å². The Morgan fingerprint density at radius 3 is 2.52 bits per heavy atom. The number of hydrogen-bond donors (Lipinski definition) is 1. The second-order valence-electron chi connectivity index (χ2n) is 7.01. The highest BCUT2D eigenvalue weighted by molar-refractivity contribution is 5.79. The van der Waals surface area contributed by atoms with E-state index in [0.717, 1.165) is 42.5 Å². The lowest BCUT2D eigenvalue weighted by atomic mass is 9.92. The van der Waals surface area contributed by atoms with Gasteiger partial charge >= 0.3 is 6.01 Å². The Morgan fingerprint density at radius 2 is 1.89 bits per heavy atom. The van der Waals surface area contributed by atoms with Gasteiger partial charge < -0.3 is 10.5 Å². The fraction of sp³-hybridized carbons (Fsp3) is 0.524. The van der Waals surface area contributed by atoms with Gasteiger partial charge in [-0.05, 0) is 62.1 Å². The van der Waals surface area contributed by atoms with Gasteiger partial charge in [0.1, 0.15) is 11.6 Å². The number of aryl methyl sites for hydroxylation is 3. The molecule has 1 atom stereocenters. The number of nitrogens with two attached hydrogens (primary N) is 1. The van der Waals surface area contributed by atoms with Gasteiger partial charge in [-0.1, -0.05) is 13.0 Å². The van der Waals surface area contributed by atoms with Crippen LogP contribution in [-0.2, 0) is 11.2 Å². The molecule has 0 saturated heterocycles. The number of ether oxygens (including phenoxy) is 1. The molecule has 1 unspecified atom stereocenters. The number of Topliss-reactive ketones (excluding diaryl/α,β-unsaturated/α-hetero) is 1. The van der Waals surface area contributed by atoms with Crippen LogP contribution >= 0.6 is 0 Å². The standard InChI is InChI=1S/C21H30N4O2/c1-5-16(17-12-23-21(27-4)24-13-17)11-18(26)8-6-7-9-19-14(2)10-15(3)20(22)25-19/h10,12-13,16H,5-9,11H2,1-4H3,(H2,22,25). The van der Waals surface area contributed by atoms with E-state index in [1.54, 1.807) is 12.4 Å². The molecule has 0 radical (unpaired) electrons. The number of carbonyl (C=O) groups is 1. The van der Waals surface area contributed by atoms with Crippen molar-refractivity contribution in [3.05, 3.63) is 40.8 Å². The number of pyridine rings is 1. The zero-order chi connectivity index (χ0) is 19.8. The maximum atomic E-state index is 12.4. The maximum absolute atomic E-state index is 12.4. The van der Waals surface area contributed by atoms with Crippen LogP contribution in [0.5, 0.6) is 6.01 Å². The van der Waals surface area contributed by atoms with Crippen molar-refractivity contribution in [1.82, 2.24) is 15.0 Å². The molecule has 0 saturated carbocycles. The first kappa shape index (κ1) is 20.8. The summed E-state index contributed by atoms with van der Waals surface area (Å²) in [6, 6.07) is 2.42. The molecule has 0 aromatic carbocycles. The van der Waals surface area contributed by atoms with Crippen LogP contribution in [-0.4, -0.2) is 27.8 Å². The summed E-state index contributed by atoms with van der Waals surface area (Å²) in [5.41, 5.74) is 10.1. The van der Waals surface area contributed by atoms with Gasteiger partial charge in [-0.2, -0.15) is 0 Å². The van der Waals surface area contributed by atoms with Gasteiger partial charge in [-0.15, -0.1) is 0 Å². The molecule has 0 aliphatic carbocycles. The number of methoxy groups -OCH3 is 1. The van der Waals surface area contributed by atoms with Gasteiger partial charge in [0, 0.05) is 30.9 Å². The quantitative estimate of drug-likeness (QED) is 0.637. The fourth-order valence-electron chi connectivity index (χ4n) is 3.19. The number of unbranched alkanes of at least 4 members (excludes halogenated alkanes) is 1. The molecule has 2 rings (SSSR count). The minimum Gasteiger partial charge on any atom is -0.467 e. The van der Waals surface area contributed by atoms with E-state index in [2.05, 4.69) is 34.9 Å². The van der Waals surface area contributed by atoms with Crippen LogP contribution in [0.15, 0.2) is 18.5 Å². The number of aromatic nitrogens is 3. The van der Waals surface area contributed by atoms with Gasteiger partial charge in [-0.25, -0.2) is 15.0 Å². The lowest BCUT2D eigenvalue weighted by Crippen LogP contribution is -2.08. The zero-order valence-electron chi connectivity index (χ0n) is 16.8. The van der Waals surface area contributed by atoms with Crippen molar-refractivity contribution < 1.29 is 9.53 Å². The molecule has 0 bridgehead atoms. The Morgan fingerprint density at radius 1 is 1.19 bits per heavy atom. The topological polar surface area (TPSA) is 91.0 Å². The summed E-state index contributed by atoms with van der Waals surface area (Å²) in [5.74, 6) is 1.04. The first-order valence-corrected chi connectivity index (χ1v) is 9.54. The SMILES string of the molecule is CCC(CC(=O)CCCCc1nc(N)c(C)cc1C)c1cnc(OC)nc1. The van der Waals surface area contributed by atoms with Crippen LogP contribution in [0.1, 0.15) is 67.3 Å². The Balaban J connectivity index is 1.80. The molecule has 2 N–H and O–H groups in total. The summed E-state index contributed by atoms with van der Waals surface area (Å²) >= 11 is 0. The molecule has 0 fully saturated rings. The van der Waals surface area contributed by atoms with E-state index in [-0.39, 0.29) is 11.7 Å². The first-order valence-electron chi connectivity index (χ1n) is 9.54. The normalized spacial score (nSPS) is 12.0. The average Bonchev–Trinajstić information content (AvgIpc) is 2.67. The van der Waals surface area contributed by atoms with E-state index in [0.29, 0.717) is 24.7 Å². The van der Waals surface area contributed by atoms with Crippen molar-refractivity contribution in [3.63, 3.8) is 0 Å². The van der Waals surface area contributed by atoms with E-state index in [9.17, 15) is 4.79 Å². The number of nitrogens with zero attached hydrogens (tertiary/aromatic N) is 3. The average molecular weight is 370 g/mol. The summed E-state index contributed by atoms with van der Waals surface area (Å²) in [6.07, 6.45) is 8.16. The van der Waals surface area contributed by atoms with Crippen LogP contribution in [0.3, 0.4) is 0 Å². The molecule has 27 heavy (non-hydrogen) atoms. The monoisotopic (exact) mass is 370 g/mol. The van der Waals surface area contributed by atoms with E-state index >= 15 is 0 Å². The number of ketones is 1. The highest BCUT2D eigenvalue weighted by atomic mass is 16.5. The second kappa shape index (κ2) is 10.00. The van der Waals surface area contributed by atoms with Crippen molar-refractivity contribution in [1.29, 1.82) is 0 Å². The van der Waals surface area contributed by atoms with Crippen LogP contribution in [0.2, 0.25) is 0 Å². The highest BCUT2D eigenvalue weighted by Crippen LogP contribution is 2.24. The van der Waals surface area contributed by atoms with Gasteiger partial charge in [0.2, 0.25) is 0 Å². The van der Waals surface area contributed by atoms with Gasteiger partial charge in [-0.3, -0.25) is 4.79 Å². The summed E-state index contributed by atoms with van der Waals surface area (Å²) in [7, 11) is 1.54. The summed E-state index contributed by atoms with van der Waals surface area (Å²) in [4.78, 5) is 25.1. The molecule has 2 aromatic heterocycles. The van der Waals surface area contributed by atoms with Crippen molar-refractivity contribution in [2.75, 3.05) is 12.8 Å². The molecule has 6 nitrogen and oxygen atoms in total. The van der Waals surface area contributed by atoms with Crippen molar-refractivity contribution in [2.45, 2.75) is 65.2 Å². The third kappa shape index (κ3) is 6.01. The predicted octanol–water partition coefficient (Wildman–Crippen LogP) is 3.95. The molecule has 6 heteroatoms. The van der Waals surface area contributed by atoms with Crippen LogP contribution < -0.4 is 10.5 Å². The van der Waals surface area contributed by atoms with Crippen LogP contribution in [0.4, 0.5) is 5.82 Å². The van der Waals surface area contributed by atoms with Gasteiger partial charge in [0.05, 0.1) is 7.11 Å². The fourth-order valence-corrected chi connectivity index (χ4v) is 3.19. The van der Waals surface area contributed by atoms with Crippen molar-refractivity contribution >= 4 is 11.6 Å². The van der Waals surface area contributed by atoms with E-state index in [1.165, 1.54) is 12.7 Å². The van der Waals surface area contributed by atoms with E-state index < -0.39 is 0 Å². The molecule has 146 valence electrons. The van der Waals surface area contributed by atoms with E-state index in [4.69, 9.17) is 10.5 Å². The third-order valence-electron chi connectivity index (χ3n) is 4.94. The predicted molar refractivity (Wildman–Crippen MR) is 107 cm³/mol. The zero-order valence-corrected chi connectivity index (χ0v) is 16.8. The lowest BCUT2D eigenvalue weighted by Gasteiger charge is -2.14. The molecule has 2 aromatic rings. The summed E-state index contributed by atoms with van der Waals surface area (Å²) in [6.45, 7) is 6.11. The number of hydrogen-bond acceptors (Lipinski definition) is 6. The molecular weight excluding hydrogens is 340 g/mol. The number of carbonyl (C=O) groups excluding carboxylic acids is 1. The smallest absolute Gasteiger partial charge is 0.316 e. The molecule has 0 aliphatic rings. The number of nitrogen functional groups attached to an aromatic ring is 1. The number of anilines is 1. The first-order chi connectivity index (χ1) is 12.9. The van der Waals surface area contributed by atoms with Crippen molar-refractivity contribution in [2.24, 2.45) is 0 Å². The molecular formula is C21H30N4O2. The molecule has 0 amide bonds. The second-order valence-corrected chi connectivity index (χ2v) is 7.01. The van der Waals surface area contributed by atoms with Gasteiger partial charge in [0.15, 0.2) is 0 Å². The van der Waals surface area contributed by atoms with Crippen LogP contribution in [0, 0.1) is 13.8 Å². The van der Waals surface area contributed by atoms with E-state index in [1.807, 2.05) is 6.92 Å². The summed E-state index contributed by atoms with van der Waals surface area (Å²) < 4.78 is 4.99.